The molecule has 3 N–H and O–H groups in total. The summed E-state index contributed by atoms with van der Waals surface area (Å²) in [5, 5.41) is 9.53. The van der Waals surface area contributed by atoms with Crippen molar-refractivity contribution in [3.8, 4) is 22.9 Å². The van der Waals surface area contributed by atoms with Crippen LogP contribution in [0, 0.1) is 24.2 Å². The number of H-pyrrole nitrogens is 1. The zero-order chi connectivity index (χ0) is 16.3. The van der Waals surface area contributed by atoms with Gasteiger partial charge >= 0.3 is 0 Å². The molecule has 0 amide bonds. The highest BCUT2D eigenvalue weighted by molar-refractivity contribution is 5.81. The van der Waals surface area contributed by atoms with Gasteiger partial charge in [-0.05, 0) is 18.9 Å². The summed E-state index contributed by atoms with van der Waals surface area (Å²) in [7, 11) is 1.63. The van der Waals surface area contributed by atoms with Crippen LogP contribution in [-0.4, -0.2) is 7.11 Å². The summed E-state index contributed by atoms with van der Waals surface area (Å²) in [6, 6.07) is 9.93. The summed E-state index contributed by atoms with van der Waals surface area (Å²) in [6.45, 7) is 6.34. The molecule has 0 saturated carbocycles. The van der Waals surface area contributed by atoms with Crippen molar-refractivity contribution in [1.29, 1.82) is 5.26 Å². The Morgan fingerprint density at radius 3 is 2.59 bits per heavy atom. The lowest BCUT2D eigenvalue weighted by Crippen LogP contribution is -2.22. The van der Waals surface area contributed by atoms with Crippen LogP contribution in [0.15, 0.2) is 24.3 Å². The Bertz CT molecular complexity index is 730. The number of aromatic amines is 1. The molecular formula is C18H22N3O+. The molecule has 0 bridgehead atoms. The average Bonchev–Trinajstić information content (AvgIpc) is 2.49. The quantitative estimate of drug-likeness (QED) is 0.942. The molecule has 4 heteroatoms. The second-order valence-corrected chi connectivity index (χ2v) is 5.80. The monoisotopic (exact) mass is 296 g/mol. The number of nitrogen functional groups attached to an aromatic ring is 1. The topological polar surface area (TPSA) is 73.2 Å². The van der Waals surface area contributed by atoms with E-state index in [1.165, 1.54) is 0 Å². The van der Waals surface area contributed by atoms with Gasteiger partial charge in [0.1, 0.15) is 23.1 Å². The van der Waals surface area contributed by atoms with Crippen molar-refractivity contribution in [3.63, 3.8) is 0 Å². The molecule has 22 heavy (non-hydrogen) atoms. The fourth-order valence-electron chi connectivity index (χ4n) is 2.71. The van der Waals surface area contributed by atoms with Gasteiger partial charge in [-0.25, -0.2) is 4.98 Å². The van der Waals surface area contributed by atoms with Crippen molar-refractivity contribution in [1.82, 2.24) is 0 Å². The number of rotatable bonds is 4. The number of ether oxygens (including phenoxy) is 1. The molecule has 1 aromatic carbocycles. The molecule has 0 spiro atoms. The second kappa shape index (κ2) is 6.48. The molecule has 0 aliphatic heterocycles. The van der Waals surface area contributed by atoms with Crippen LogP contribution >= 0.6 is 0 Å². The molecule has 4 nitrogen and oxygen atoms in total. The number of nitrogens with two attached hydrogens (primary N) is 1. The highest BCUT2D eigenvalue weighted by Crippen LogP contribution is 2.36. The van der Waals surface area contributed by atoms with Crippen molar-refractivity contribution in [3.05, 3.63) is 41.1 Å². The number of anilines is 1. The normalized spacial score (nSPS) is 10.5. The van der Waals surface area contributed by atoms with E-state index < -0.39 is 0 Å². The van der Waals surface area contributed by atoms with Crippen molar-refractivity contribution >= 4 is 5.82 Å². The molecule has 0 aliphatic carbocycles. The number of aromatic nitrogens is 1. The number of hydrogen-bond acceptors (Lipinski definition) is 3. The van der Waals surface area contributed by atoms with Crippen LogP contribution in [0.5, 0.6) is 5.75 Å². The predicted molar refractivity (Wildman–Crippen MR) is 87.4 cm³/mol. The molecule has 0 atom stereocenters. The summed E-state index contributed by atoms with van der Waals surface area (Å²) in [5.41, 5.74) is 10.4. The fourth-order valence-corrected chi connectivity index (χ4v) is 2.71. The van der Waals surface area contributed by atoms with Gasteiger partial charge in [-0.1, -0.05) is 32.0 Å². The SMILES string of the molecule is COc1ccccc1-c1c(C)c(CC(C)C)[nH+]c(N)c1C#N. The third kappa shape index (κ3) is 2.89. The molecule has 0 fully saturated rings. The van der Waals surface area contributed by atoms with Gasteiger partial charge in [0.05, 0.1) is 7.11 Å². The molecule has 1 heterocycles. The van der Waals surface area contributed by atoms with Gasteiger partial charge < -0.3 is 4.74 Å². The van der Waals surface area contributed by atoms with Crippen LogP contribution in [0.4, 0.5) is 5.82 Å². The Morgan fingerprint density at radius 1 is 1.32 bits per heavy atom. The lowest BCUT2D eigenvalue weighted by molar-refractivity contribution is -0.374. The third-order valence-electron chi connectivity index (χ3n) is 3.73. The maximum Gasteiger partial charge on any atom is 0.289 e. The molecule has 0 saturated heterocycles. The molecule has 0 unspecified atom stereocenters. The Morgan fingerprint density at radius 2 is 2.00 bits per heavy atom. The van der Waals surface area contributed by atoms with E-state index in [1.807, 2.05) is 31.2 Å². The van der Waals surface area contributed by atoms with Gasteiger partial charge in [-0.15, -0.1) is 0 Å². The molecule has 114 valence electrons. The van der Waals surface area contributed by atoms with E-state index in [0.29, 0.717) is 17.3 Å². The number of nitrogens with zero attached hydrogens (tertiary/aromatic N) is 1. The van der Waals surface area contributed by atoms with E-state index in [-0.39, 0.29) is 0 Å². The van der Waals surface area contributed by atoms with Crippen molar-refractivity contribution < 1.29 is 9.72 Å². The maximum atomic E-state index is 9.53. The van der Waals surface area contributed by atoms with Crippen LogP contribution in [0.25, 0.3) is 11.1 Å². The van der Waals surface area contributed by atoms with Crippen molar-refractivity contribution in [2.75, 3.05) is 12.8 Å². The first kappa shape index (κ1) is 15.8. The zero-order valence-electron chi connectivity index (χ0n) is 13.5. The second-order valence-electron chi connectivity index (χ2n) is 5.80. The Labute approximate surface area is 131 Å². The lowest BCUT2D eigenvalue weighted by atomic mass is 9.92. The number of benzene rings is 1. The minimum absolute atomic E-state index is 0.407. The zero-order valence-corrected chi connectivity index (χ0v) is 13.5. The summed E-state index contributed by atoms with van der Waals surface area (Å²) in [4.78, 5) is 3.19. The first-order chi connectivity index (χ1) is 10.5. The minimum atomic E-state index is 0.407. The molecule has 2 rings (SSSR count). The summed E-state index contributed by atoms with van der Waals surface area (Å²) in [5.74, 6) is 1.64. The maximum absolute atomic E-state index is 9.53. The van der Waals surface area contributed by atoms with Crippen LogP contribution in [-0.2, 0) is 6.42 Å². The Balaban J connectivity index is 2.78. The Kier molecular flexibility index (Phi) is 4.67. The fraction of sp³-hybridized carbons (Fsp3) is 0.333. The van der Waals surface area contributed by atoms with Gasteiger partial charge in [0.15, 0.2) is 0 Å². The van der Waals surface area contributed by atoms with Crippen LogP contribution in [0.3, 0.4) is 0 Å². The lowest BCUT2D eigenvalue weighted by Gasteiger charge is -2.15. The predicted octanol–water partition coefficient (Wildman–Crippen LogP) is 3.14. The summed E-state index contributed by atoms with van der Waals surface area (Å²) >= 11 is 0. The highest BCUT2D eigenvalue weighted by Gasteiger charge is 2.22. The summed E-state index contributed by atoms with van der Waals surface area (Å²) in [6.07, 6.45) is 0.879. The van der Waals surface area contributed by atoms with Crippen LogP contribution in [0.2, 0.25) is 0 Å². The smallest absolute Gasteiger partial charge is 0.289 e. The van der Waals surface area contributed by atoms with Crippen molar-refractivity contribution in [2.24, 2.45) is 5.92 Å². The standard InChI is InChI=1S/C18H21N3O/c1-11(2)9-15-12(3)17(14(10-19)18(20)21-15)13-7-5-6-8-16(13)22-4/h5-8,11H,9H2,1-4H3,(H2,20,21)/p+1. The Hall–Kier alpha value is -2.54. The largest absolute Gasteiger partial charge is 0.496 e. The van der Waals surface area contributed by atoms with E-state index in [4.69, 9.17) is 10.5 Å². The minimum Gasteiger partial charge on any atom is -0.496 e. The van der Waals surface area contributed by atoms with Crippen LogP contribution in [0.1, 0.15) is 30.7 Å². The molecule has 2 aromatic rings. The van der Waals surface area contributed by atoms with E-state index in [0.717, 1.165) is 34.6 Å². The molecule has 1 aromatic heterocycles. The average molecular weight is 296 g/mol. The molecule has 0 radical (unpaired) electrons. The van der Waals surface area contributed by atoms with E-state index in [2.05, 4.69) is 24.9 Å². The number of pyridine rings is 1. The highest BCUT2D eigenvalue weighted by atomic mass is 16.5. The van der Waals surface area contributed by atoms with Gasteiger partial charge in [-0.3, -0.25) is 5.73 Å². The van der Waals surface area contributed by atoms with Gasteiger partial charge in [0, 0.05) is 23.1 Å². The van der Waals surface area contributed by atoms with Crippen LogP contribution < -0.4 is 15.5 Å². The first-order valence-electron chi connectivity index (χ1n) is 7.37. The van der Waals surface area contributed by atoms with E-state index in [9.17, 15) is 5.26 Å². The third-order valence-corrected chi connectivity index (χ3v) is 3.73. The number of methoxy groups -OCH3 is 1. The number of hydrogen-bond donors (Lipinski definition) is 1. The number of nitriles is 1. The first-order valence-corrected chi connectivity index (χ1v) is 7.37. The number of para-hydroxylation sites is 1. The van der Waals surface area contributed by atoms with E-state index in [1.54, 1.807) is 7.11 Å². The van der Waals surface area contributed by atoms with Crippen molar-refractivity contribution in [2.45, 2.75) is 27.2 Å². The van der Waals surface area contributed by atoms with Gasteiger partial charge in [0.25, 0.3) is 5.82 Å². The number of nitrogens with one attached hydrogen (secondary N) is 1. The molecule has 0 aliphatic rings. The van der Waals surface area contributed by atoms with Gasteiger partial charge in [-0.2, -0.15) is 5.26 Å². The summed E-state index contributed by atoms with van der Waals surface area (Å²) < 4.78 is 5.45. The molecular weight excluding hydrogens is 274 g/mol. The van der Waals surface area contributed by atoms with Gasteiger partial charge in [0.2, 0.25) is 0 Å². The van der Waals surface area contributed by atoms with E-state index >= 15 is 0 Å².